The van der Waals surface area contributed by atoms with Gasteiger partial charge in [0.25, 0.3) is 0 Å². The second-order valence-corrected chi connectivity index (χ2v) is 6.41. The summed E-state index contributed by atoms with van der Waals surface area (Å²) in [6, 6.07) is -0.459. The van der Waals surface area contributed by atoms with Gasteiger partial charge in [0.05, 0.1) is 5.41 Å². The maximum atomic E-state index is 12.4. The zero-order valence-electron chi connectivity index (χ0n) is 13.7. The van der Waals surface area contributed by atoms with Gasteiger partial charge in [0.1, 0.15) is 6.04 Å². The summed E-state index contributed by atoms with van der Waals surface area (Å²) < 4.78 is 5.23. The number of hydrogen-bond donors (Lipinski definition) is 2. The van der Waals surface area contributed by atoms with Crippen LogP contribution in [0.25, 0.3) is 0 Å². The van der Waals surface area contributed by atoms with Crippen molar-refractivity contribution in [1.29, 1.82) is 0 Å². The largest absolute Gasteiger partial charge is 0.481 e. The topological polar surface area (TPSA) is 95.9 Å². The molecule has 2 aliphatic rings. The van der Waals surface area contributed by atoms with Crippen LogP contribution >= 0.6 is 0 Å². The Labute approximate surface area is 136 Å². The summed E-state index contributed by atoms with van der Waals surface area (Å²) in [5, 5.41) is 12.3. The number of carboxylic acids is 1. The molecule has 0 aliphatic carbocycles. The van der Waals surface area contributed by atoms with Gasteiger partial charge in [-0.2, -0.15) is 0 Å². The Balaban J connectivity index is 1.95. The minimum absolute atomic E-state index is 0.00386. The molecule has 2 heterocycles. The van der Waals surface area contributed by atoms with Crippen LogP contribution in [0.3, 0.4) is 0 Å². The first-order valence-corrected chi connectivity index (χ1v) is 8.38. The van der Waals surface area contributed by atoms with Crippen molar-refractivity contribution in [3.05, 3.63) is 0 Å². The van der Waals surface area contributed by atoms with Crippen LogP contribution < -0.4 is 5.32 Å². The maximum Gasteiger partial charge on any atom is 0.311 e. The molecule has 0 spiro atoms. The summed E-state index contributed by atoms with van der Waals surface area (Å²) in [5.74, 6) is -1.13. The number of carbonyl (C=O) groups excluding carboxylic acids is 2. The smallest absolute Gasteiger partial charge is 0.311 e. The first-order chi connectivity index (χ1) is 11.0. The minimum Gasteiger partial charge on any atom is -0.481 e. The highest BCUT2D eigenvalue weighted by molar-refractivity contribution is 5.88. The monoisotopic (exact) mass is 326 g/mol. The zero-order chi connectivity index (χ0) is 16.9. The highest BCUT2D eigenvalue weighted by Crippen LogP contribution is 2.30. The fraction of sp³-hybridized carbons (Fsp3) is 0.812. The van der Waals surface area contributed by atoms with E-state index in [0.29, 0.717) is 45.4 Å². The fourth-order valence-corrected chi connectivity index (χ4v) is 3.30. The first kappa shape index (κ1) is 17.7. The zero-order valence-corrected chi connectivity index (χ0v) is 13.7. The number of nitrogens with one attached hydrogen (secondary N) is 1. The van der Waals surface area contributed by atoms with Crippen molar-refractivity contribution in [2.75, 3.05) is 26.3 Å². The highest BCUT2D eigenvalue weighted by atomic mass is 16.5. The molecule has 1 unspecified atom stereocenters. The van der Waals surface area contributed by atoms with Gasteiger partial charge in [0.2, 0.25) is 11.8 Å². The average Bonchev–Trinajstić information content (AvgIpc) is 3.03. The van der Waals surface area contributed by atoms with E-state index in [1.54, 1.807) is 4.90 Å². The predicted octanol–water partition coefficient (Wildman–Crippen LogP) is 0.775. The molecule has 7 heteroatoms. The second kappa shape index (κ2) is 7.77. The van der Waals surface area contributed by atoms with Crippen LogP contribution in [0.15, 0.2) is 0 Å². The average molecular weight is 326 g/mol. The molecular weight excluding hydrogens is 300 g/mol. The summed E-state index contributed by atoms with van der Waals surface area (Å²) in [5.41, 5.74) is -0.954. The second-order valence-electron chi connectivity index (χ2n) is 6.41. The van der Waals surface area contributed by atoms with E-state index in [4.69, 9.17) is 4.74 Å². The molecule has 2 N–H and O–H groups in total. The van der Waals surface area contributed by atoms with E-state index in [-0.39, 0.29) is 18.4 Å². The van der Waals surface area contributed by atoms with E-state index < -0.39 is 17.4 Å². The number of hydrogen-bond acceptors (Lipinski definition) is 4. The molecular formula is C16H26N2O5. The molecule has 7 nitrogen and oxygen atoms in total. The third-order valence-electron chi connectivity index (χ3n) is 4.84. The molecule has 2 fully saturated rings. The summed E-state index contributed by atoms with van der Waals surface area (Å²) in [4.78, 5) is 37.7. The van der Waals surface area contributed by atoms with Gasteiger partial charge in [0, 0.05) is 32.7 Å². The molecule has 130 valence electrons. The molecule has 0 aromatic heterocycles. The van der Waals surface area contributed by atoms with Crippen LogP contribution in [0.5, 0.6) is 0 Å². The molecule has 0 aromatic rings. The van der Waals surface area contributed by atoms with Gasteiger partial charge in [-0.1, -0.05) is 6.92 Å². The number of nitrogens with zero attached hydrogens (tertiary/aromatic N) is 1. The van der Waals surface area contributed by atoms with E-state index >= 15 is 0 Å². The summed E-state index contributed by atoms with van der Waals surface area (Å²) in [6.45, 7) is 3.43. The summed E-state index contributed by atoms with van der Waals surface area (Å²) >= 11 is 0. The molecule has 2 aliphatic heterocycles. The van der Waals surface area contributed by atoms with Crippen LogP contribution in [0.1, 0.15) is 45.4 Å². The number of ether oxygens (including phenoxy) is 1. The molecule has 0 radical (unpaired) electrons. The van der Waals surface area contributed by atoms with Crippen molar-refractivity contribution >= 4 is 17.8 Å². The van der Waals surface area contributed by atoms with E-state index in [1.165, 1.54) is 0 Å². The normalized spacial score (nSPS) is 23.5. The number of carbonyl (C=O) groups is 3. The van der Waals surface area contributed by atoms with Gasteiger partial charge in [0.15, 0.2) is 0 Å². The lowest BCUT2D eigenvalue weighted by atomic mass is 9.80. The van der Waals surface area contributed by atoms with E-state index in [1.807, 2.05) is 6.92 Å². The fourth-order valence-electron chi connectivity index (χ4n) is 3.30. The molecule has 2 rings (SSSR count). The standard InChI is InChI=1S/C16H26N2O5/c1-2-4-13(19)18-8-3-5-12(18)14(20)17-11-16(15(21)22)6-9-23-10-7-16/h12H,2-11H2,1H3,(H,17,20)(H,21,22). The van der Waals surface area contributed by atoms with Gasteiger partial charge in [-0.25, -0.2) is 0 Å². The molecule has 1 atom stereocenters. The van der Waals surface area contributed by atoms with Crippen LogP contribution in [0, 0.1) is 5.41 Å². The molecule has 2 amide bonds. The van der Waals surface area contributed by atoms with Gasteiger partial charge >= 0.3 is 5.97 Å². The third kappa shape index (κ3) is 4.02. The van der Waals surface area contributed by atoms with Gasteiger partial charge < -0.3 is 20.1 Å². The van der Waals surface area contributed by atoms with E-state index in [2.05, 4.69) is 5.32 Å². The van der Waals surface area contributed by atoms with Gasteiger partial charge in [-0.15, -0.1) is 0 Å². The van der Waals surface area contributed by atoms with Crippen LogP contribution in [-0.4, -0.2) is 60.1 Å². The third-order valence-corrected chi connectivity index (χ3v) is 4.84. The van der Waals surface area contributed by atoms with E-state index in [9.17, 15) is 19.5 Å². The maximum absolute atomic E-state index is 12.4. The Kier molecular flexibility index (Phi) is 5.98. The Morgan fingerprint density at radius 1 is 1.30 bits per heavy atom. The number of likely N-dealkylation sites (tertiary alicyclic amines) is 1. The first-order valence-electron chi connectivity index (χ1n) is 8.38. The van der Waals surface area contributed by atoms with Gasteiger partial charge in [-0.3, -0.25) is 14.4 Å². The molecule has 23 heavy (non-hydrogen) atoms. The quantitative estimate of drug-likeness (QED) is 0.752. The molecule has 0 saturated carbocycles. The number of amides is 2. The number of aliphatic carboxylic acids is 1. The van der Waals surface area contributed by atoms with Crippen molar-refractivity contribution in [3.63, 3.8) is 0 Å². The lowest BCUT2D eigenvalue weighted by Gasteiger charge is -2.34. The van der Waals surface area contributed by atoms with E-state index in [0.717, 1.165) is 12.8 Å². The van der Waals surface area contributed by atoms with Crippen molar-refractivity contribution in [2.24, 2.45) is 5.41 Å². The SMILES string of the molecule is CCCC(=O)N1CCCC1C(=O)NCC1(C(=O)O)CCOCC1. The van der Waals surface area contributed by atoms with Crippen LogP contribution in [0.2, 0.25) is 0 Å². The number of carboxylic acid groups (broad SMARTS) is 1. The van der Waals surface area contributed by atoms with Crippen molar-refractivity contribution in [3.8, 4) is 0 Å². The Hall–Kier alpha value is -1.63. The van der Waals surface area contributed by atoms with Crippen molar-refractivity contribution in [1.82, 2.24) is 10.2 Å². The van der Waals surface area contributed by atoms with Crippen molar-refractivity contribution in [2.45, 2.75) is 51.5 Å². The van der Waals surface area contributed by atoms with Gasteiger partial charge in [-0.05, 0) is 32.1 Å². The summed E-state index contributed by atoms with van der Waals surface area (Å²) in [7, 11) is 0. The van der Waals surface area contributed by atoms with Crippen LogP contribution in [-0.2, 0) is 19.1 Å². The highest BCUT2D eigenvalue weighted by Gasteiger charge is 2.41. The Morgan fingerprint density at radius 3 is 2.61 bits per heavy atom. The lowest BCUT2D eigenvalue weighted by Crippen LogP contribution is -2.51. The molecule has 0 bridgehead atoms. The Morgan fingerprint density at radius 2 is 2.00 bits per heavy atom. The minimum atomic E-state index is -0.954. The summed E-state index contributed by atoms with van der Waals surface area (Å²) in [6.07, 6.45) is 3.44. The Bertz CT molecular complexity index is 459. The van der Waals surface area contributed by atoms with Crippen molar-refractivity contribution < 1.29 is 24.2 Å². The predicted molar refractivity (Wildman–Crippen MR) is 82.8 cm³/mol. The lowest BCUT2D eigenvalue weighted by molar-refractivity contribution is -0.155. The molecule has 2 saturated heterocycles. The number of rotatable bonds is 6. The molecule has 0 aromatic carbocycles. The van der Waals surface area contributed by atoms with Crippen LogP contribution in [0.4, 0.5) is 0 Å².